The van der Waals surface area contributed by atoms with Crippen LogP contribution in [0.4, 0.5) is 5.69 Å². The molecule has 0 aliphatic carbocycles. The molecule has 0 unspecified atom stereocenters. The van der Waals surface area contributed by atoms with Gasteiger partial charge in [0, 0.05) is 33.8 Å². The Morgan fingerprint density at radius 1 is 0.694 bits per heavy atom. The molecule has 1 N–H and O–H groups in total. The van der Waals surface area contributed by atoms with Gasteiger partial charge in [-0.15, -0.1) is 0 Å². The van der Waals surface area contributed by atoms with Gasteiger partial charge in [-0.1, -0.05) is 72.8 Å². The Kier molecular flexibility index (Phi) is 4.54. The molecule has 0 saturated carbocycles. The minimum atomic E-state index is -0.269. The van der Waals surface area contributed by atoms with Crippen LogP contribution >= 0.6 is 0 Å². The molecule has 5 aromatic carbocycles. The van der Waals surface area contributed by atoms with E-state index in [4.69, 9.17) is 4.42 Å². The fourth-order valence-corrected chi connectivity index (χ4v) is 4.94. The average molecular weight is 466 g/mol. The third-order valence-corrected chi connectivity index (χ3v) is 6.57. The van der Waals surface area contributed by atoms with E-state index in [0.29, 0.717) is 23.0 Å². The molecule has 0 atom stereocenters. The second-order valence-electron chi connectivity index (χ2n) is 8.72. The number of oxazole rings is 1. The van der Waals surface area contributed by atoms with Crippen molar-refractivity contribution in [3.05, 3.63) is 115 Å². The Bertz CT molecular complexity index is 1880. The first-order chi connectivity index (χ1) is 17.8. The predicted octanol–water partition coefficient (Wildman–Crippen LogP) is 7.55. The van der Waals surface area contributed by atoms with Gasteiger partial charge in [-0.3, -0.25) is 9.78 Å². The molecule has 7 aromatic rings. The van der Waals surface area contributed by atoms with Crippen LogP contribution in [0.15, 0.2) is 114 Å². The number of amides is 1. The zero-order valence-electron chi connectivity index (χ0n) is 19.1. The molecule has 0 aliphatic rings. The molecule has 36 heavy (non-hydrogen) atoms. The normalized spacial score (nSPS) is 11.4. The number of benzene rings is 5. The van der Waals surface area contributed by atoms with E-state index in [1.165, 1.54) is 0 Å². The number of nitrogens with zero attached hydrogens (tertiary/aromatic N) is 2. The van der Waals surface area contributed by atoms with Gasteiger partial charge in [0.05, 0.1) is 6.20 Å². The second-order valence-corrected chi connectivity index (χ2v) is 8.72. The lowest BCUT2D eigenvalue weighted by Gasteiger charge is -2.17. The molecular formula is C31H19N3O2. The van der Waals surface area contributed by atoms with Gasteiger partial charge < -0.3 is 9.73 Å². The molecule has 5 nitrogen and oxygen atoms in total. The van der Waals surface area contributed by atoms with Gasteiger partial charge >= 0.3 is 0 Å². The van der Waals surface area contributed by atoms with Crippen molar-refractivity contribution in [2.45, 2.75) is 0 Å². The molecule has 0 aliphatic heterocycles. The summed E-state index contributed by atoms with van der Waals surface area (Å²) in [6.07, 6.45) is 3.36. The van der Waals surface area contributed by atoms with Crippen molar-refractivity contribution in [1.82, 2.24) is 9.97 Å². The summed E-state index contributed by atoms with van der Waals surface area (Å²) >= 11 is 0. The number of anilines is 1. The van der Waals surface area contributed by atoms with Crippen LogP contribution in [0.3, 0.4) is 0 Å². The van der Waals surface area contributed by atoms with E-state index < -0.39 is 0 Å². The summed E-state index contributed by atoms with van der Waals surface area (Å²) in [6.45, 7) is 0. The average Bonchev–Trinajstić information content (AvgIpc) is 3.43. The highest BCUT2D eigenvalue weighted by Gasteiger charge is 2.20. The number of pyridine rings is 1. The summed E-state index contributed by atoms with van der Waals surface area (Å²) in [4.78, 5) is 22.0. The summed E-state index contributed by atoms with van der Waals surface area (Å²) < 4.78 is 6.29. The number of aromatic nitrogens is 2. The Hall–Kier alpha value is -5.03. The van der Waals surface area contributed by atoms with E-state index in [1.54, 1.807) is 30.6 Å². The topological polar surface area (TPSA) is 68.0 Å². The quantitative estimate of drug-likeness (QED) is 0.273. The maximum atomic E-state index is 13.1. The molecule has 1 amide bonds. The molecule has 7 rings (SSSR count). The summed E-state index contributed by atoms with van der Waals surface area (Å²) in [6, 6.07) is 31.8. The monoisotopic (exact) mass is 465 g/mol. The number of carbonyl (C=O) groups is 1. The molecule has 0 radical (unpaired) electrons. The molecule has 0 bridgehead atoms. The van der Waals surface area contributed by atoms with Crippen molar-refractivity contribution in [2.24, 2.45) is 0 Å². The van der Waals surface area contributed by atoms with E-state index in [-0.39, 0.29) is 5.91 Å². The number of carbonyl (C=O) groups excluding carboxylic acids is 1. The van der Waals surface area contributed by atoms with Crippen LogP contribution < -0.4 is 5.32 Å². The highest BCUT2D eigenvalue weighted by atomic mass is 16.4. The first kappa shape index (κ1) is 20.4. The molecule has 0 saturated heterocycles. The fraction of sp³-hybridized carbons (Fsp3) is 0. The van der Waals surface area contributed by atoms with Crippen molar-refractivity contribution < 1.29 is 9.21 Å². The molecule has 0 fully saturated rings. The molecule has 2 heterocycles. The smallest absolute Gasteiger partial charge is 0.274 e. The van der Waals surface area contributed by atoms with Crippen molar-refractivity contribution in [1.29, 1.82) is 0 Å². The predicted molar refractivity (Wildman–Crippen MR) is 143 cm³/mol. The Balaban J connectivity index is 1.49. The van der Waals surface area contributed by atoms with E-state index >= 15 is 0 Å². The van der Waals surface area contributed by atoms with Crippen LogP contribution in [-0.4, -0.2) is 15.9 Å². The molecule has 5 heteroatoms. The van der Waals surface area contributed by atoms with Crippen LogP contribution in [-0.2, 0) is 0 Å². The van der Waals surface area contributed by atoms with Crippen molar-refractivity contribution >= 4 is 43.9 Å². The number of nitrogens with one attached hydrogen (secondary N) is 1. The zero-order chi connectivity index (χ0) is 24.1. The lowest BCUT2D eigenvalue weighted by molar-refractivity contribution is 0.102. The number of rotatable bonds is 4. The second kappa shape index (κ2) is 8.03. The molecule has 170 valence electrons. The van der Waals surface area contributed by atoms with Gasteiger partial charge in [-0.2, -0.15) is 0 Å². The van der Waals surface area contributed by atoms with E-state index in [2.05, 4.69) is 51.7 Å². The van der Waals surface area contributed by atoms with Crippen LogP contribution in [0.2, 0.25) is 0 Å². The van der Waals surface area contributed by atoms with E-state index in [9.17, 15) is 4.79 Å². The number of hydrogen-bond acceptors (Lipinski definition) is 4. The van der Waals surface area contributed by atoms with Crippen LogP contribution in [0, 0.1) is 0 Å². The standard InChI is InChI=1S/C31H19N3O2/c35-30(25-11-4-5-16-32-25)34-24-15-14-21-13-12-20-9-6-10-22-17-23(29(24)28(21)27(20)22)31-33-18-26(36-31)19-7-2-1-3-8-19/h1-18H,(H,34,35). The minimum Gasteiger partial charge on any atom is -0.436 e. The zero-order valence-corrected chi connectivity index (χ0v) is 19.1. The molecular weight excluding hydrogens is 446 g/mol. The summed E-state index contributed by atoms with van der Waals surface area (Å²) in [5, 5.41) is 9.52. The van der Waals surface area contributed by atoms with Gasteiger partial charge in [-0.05, 0) is 45.8 Å². The first-order valence-corrected chi connectivity index (χ1v) is 11.7. The lowest BCUT2D eigenvalue weighted by atomic mass is 9.90. The van der Waals surface area contributed by atoms with Gasteiger partial charge in [0.25, 0.3) is 5.91 Å². The minimum absolute atomic E-state index is 0.269. The van der Waals surface area contributed by atoms with E-state index in [0.717, 1.165) is 43.4 Å². The summed E-state index contributed by atoms with van der Waals surface area (Å²) in [7, 11) is 0. The van der Waals surface area contributed by atoms with Crippen molar-refractivity contribution in [3.63, 3.8) is 0 Å². The van der Waals surface area contributed by atoms with Gasteiger partial charge in [0.15, 0.2) is 5.76 Å². The van der Waals surface area contributed by atoms with E-state index in [1.807, 2.05) is 42.5 Å². The van der Waals surface area contributed by atoms with Crippen LogP contribution in [0.25, 0.3) is 55.1 Å². The summed E-state index contributed by atoms with van der Waals surface area (Å²) in [5.74, 6) is 0.921. The van der Waals surface area contributed by atoms with Gasteiger partial charge in [0.2, 0.25) is 5.89 Å². The fourth-order valence-electron chi connectivity index (χ4n) is 4.94. The van der Waals surface area contributed by atoms with Crippen molar-refractivity contribution in [2.75, 3.05) is 5.32 Å². The Morgan fingerprint density at radius 3 is 2.31 bits per heavy atom. The third-order valence-electron chi connectivity index (χ3n) is 6.57. The Morgan fingerprint density at radius 2 is 1.47 bits per heavy atom. The maximum Gasteiger partial charge on any atom is 0.274 e. The van der Waals surface area contributed by atoms with Gasteiger partial charge in [0.1, 0.15) is 5.69 Å². The van der Waals surface area contributed by atoms with Crippen LogP contribution in [0.5, 0.6) is 0 Å². The molecule has 0 spiro atoms. The highest BCUT2D eigenvalue weighted by Crippen LogP contribution is 2.44. The maximum absolute atomic E-state index is 13.1. The first-order valence-electron chi connectivity index (χ1n) is 11.7. The summed E-state index contributed by atoms with van der Waals surface area (Å²) in [5.41, 5.74) is 2.82. The van der Waals surface area contributed by atoms with Crippen LogP contribution in [0.1, 0.15) is 10.5 Å². The Labute approximate surface area is 206 Å². The SMILES string of the molecule is O=C(Nc1ccc2ccc3cccc4cc(-c5ncc(-c6ccccc6)o5)c1c2c34)c1ccccn1. The van der Waals surface area contributed by atoms with Crippen molar-refractivity contribution in [3.8, 4) is 22.8 Å². The largest absolute Gasteiger partial charge is 0.436 e. The van der Waals surface area contributed by atoms with Gasteiger partial charge in [-0.25, -0.2) is 4.98 Å². The highest BCUT2D eigenvalue weighted by molar-refractivity contribution is 6.29. The number of hydrogen-bond donors (Lipinski definition) is 1. The molecule has 2 aromatic heterocycles. The third kappa shape index (κ3) is 3.21. The lowest BCUT2D eigenvalue weighted by Crippen LogP contribution is -2.13.